The molecule has 1 saturated heterocycles. The van der Waals surface area contributed by atoms with Crippen LogP contribution in [0.3, 0.4) is 0 Å². The second-order valence-corrected chi connectivity index (χ2v) is 6.31. The number of halogens is 2. The molecule has 1 fully saturated rings. The Morgan fingerprint density at radius 2 is 2.00 bits per heavy atom. The molecule has 0 aliphatic carbocycles. The standard InChI is InChI=1S/C17H22FN5O.ClH/c1-11(2)16-21-15(17(24)20-12-7-9-19-10-8-12)22-23(16)14-6-4-3-5-13(14)18;/h3-6,11-12,19H,7-10H2,1-2H3,(H,20,24);1H. The predicted molar refractivity (Wildman–Crippen MR) is 96.0 cm³/mol. The summed E-state index contributed by atoms with van der Waals surface area (Å²) in [5.41, 5.74) is 0.301. The summed E-state index contributed by atoms with van der Waals surface area (Å²) >= 11 is 0. The molecule has 2 aromatic rings. The third-order valence-corrected chi connectivity index (χ3v) is 4.11. The van der Waals surface area contributed by atoms with E-state index in [1.165, 1.54) is 10.7 Å². The molecule has 8 heteroatoms. The number of amides is 1. The van der Waals surface area contributed by atoms with Gasteiger partial charge in [-0.05, 0) is 38.1 Å². The van der Waals surface area contributed by atoms with E-state index < -0.39 is 5.82 Å². The fourth-order valence-corrected chi connectivity index (χ4v) is 2.81. The fourth-order valence-electron chi connectivity index (χ4n) is 2.81. The van der Waals surface area contributed by atoms with Crippen LogP contribution in [0, 0.1) is 5.82 Å². The molecule has 25 heavy (non-hydrogen) atoms. The van der Waals surface area contributed by atoms with Gasteiger partial charge in [-0.15, -0.1) is 17.5 Å². The molecule has 1 aromatic carbocycles. The lowest BCUT2D eigenvalue weighted by molar-refractivity contribution is 0.0919. The minimum absolute atomic E-state index is 0. The van der Waals surface area contributed by atoms with Gasteiger partial charge in [0.15, 0.2) is 0 Å². The summed E-state index contributed by atoms with van der Waals surface area (Å²) in [7, 11) is 0. The SMILES string of the molecule is CC(C)c1nc(C(=O)NC2CCNCC2)nn1-c1ccccc1F.Cl. The van der Waals surface area contributed by atoms with Crippen LogP contribution in [0.2, 0.25) is 0 Å². The van der Waals surface area contributed by atoms with Gasteiger partial charge in [-0.2, -0.15) is 0 Å². The molecule has 0 atom stereocenters. The van der Waals surface area contributed by atoms with Crippen LogP contribution in [0.5, 0.6) is 0 Å². The minimum Gasteiger partial charge on any atom is -0.346 e. The molecule has 2 heterocycles. The molecule has 0 unspecified atom stereocenters. The van der Waals surface area contributed by atoms with Crippen LogP contribution in [0.15, 0.2) is 24.3 Å². The lowest BCUT2D eigenvalue weighted by Gasteiger charge is -2.22. The quantitative estimate of drug-likeness (QED) is 0.870. The smallest absolute Gasteiger partial charge is 0.291 e. The molecular weight excluding hydrogens is 345 g/mol. The molecule has 1 aliphatic heterocycles. The van der Waals surface area contributed by atoms with Crippen molar-refractivity contribution in [2.45, 2.75) is 38.6 Å². The van der Waals surface area contributed by atoms with Gasteiger partial charge in [0, 0.05) is 12.0 Å². The van der Waals surface area contributed by atoms with Gasteiger partial charge in [-0.3, -0.25) is 4.79 Å². The highest BCUT2D eigenvalue weighted by Gasteiger charge is 2.23. The van der Waals surface area contributed by atoms with Crippen molar-refractivity contribution in [3.05, 3.63) is 41.7 Å². The van der Waals surface area contributed by atoms with Gasteiger partial charge >= 0.3 is 0 Å². The minimum atomic E-state index is -0.394. The number of aromatic nitrogens is 3. The van der Waals surface area contributed by atoms with Gasteiger partial charge in [0.25, 0.3) is 5.91 Å². The maximum Gasteiger partial charge on any atom is 0.291 e. The lowest BCUT2D eigenvalue weighted by Crippen LogP contribution is -2.43. The summed E-state index contributed by atoms with van der Waals surface area (Å²) in [4.78, 5) is 16.8. The lowest BCUT2D eigenvalue weighted by atomic mass is 10.1. The summed E-state index contributed by atoms with van der Waals surface area (Å²) in [5, 5.41) is 10.5. The third kappa shape index (κ3) is 4.35. The number of carbonyl (C=O) groups is 1. The van der Waals surface area contributed by atoms with E-state index in [1.54, 1.807) is 18.2 Å². The van der Waals surface area contributed by atoms with Gasteiger partial charge in [-0.1, -0.05) is 26.0 Å². The van der Waals surface area contributed by atoms with E-state index in [0.29, 0.717) is 11.5 Å². The van der Waals surface area contributed by atoms with E-state index in [9.17, 15) is 9.18 Å². The van der Waals surface area contributed by atoms with E-state index in [2.05, 4.69) is 20.7 Å². The normalized spacial score (nSPS) is 15.0. The molecular formula is C17H23ClFN5O. The first-order chi connectivity index (χ1) is 11.6. The average molecular weight is 368 g/mol. The number of piperidine rings is 1. The molecule has 0 spiro atoms. The monoisotopic (exact) mass is 367 g/mol. The second kappa shape index (κ2) is 8.40. The zero-order valence-corrected chi connectivity index (χ0v) is 15.1. The average Bonchev–Trinajstić information content (AvgIpc) is 3.02. The van der Waals surface area contributed by atoms with Crippen molar-refractivity contribution >= 4 is 18.3 Å². The molecule has 136 valence electrons. The fraction of sp³-hybridized carbons (Fsp3) is 0.471. The molecule has 0 saturated carbocycles. The Morgan fingerprint density at radius 3 is 2.64 bits per heavy atom. The van der Waals surface area contributed by atoms with Crippen molar-refractivity contribution in [3.8, 4) is 5.69 Å². The first kappa shape index (κ1) is 19.3. The number of nitrogens with zero attached hydrogens (tertiary/aromatic N) is 3. The highest BCUT2D eigenvalue weighted by atomic mass is 35.5. The van der Waals surface area contributed by atoms with E-state index in [4.69, 9.17) is 0 Å². The Labute approximate surface area is 152 Å². The molecule has 1 aliphatic rings. The number of carbonyl (C=O) groups excluding carboxylic acids is 1. The molecule has 3 rings (SSSR count). The Morgan fingerprint density at radius 1 is 1.32 bits per heavy atom. The van der Waals surface area contributed by atoms with Crippen LogP contribution in [-0.4, -0.2) is 39.8 Å². The highest BCUT2D eigenvalue weighted by Crippen LogP contribution is 2.19. The Kier molecular flexibility index (Phi) is 6.50. The number of rotatable bonds is 4. The van der Waals surface area contributed by atoms with E-state index in [1.807, 2.05) is 13.8 Å². The molecule has 6 nitrogen and oxygen atoms in total. The Hall–Kier alpha value is -1.99. The van der Waals surface area contributed by atoms with Crippen molar-refractivity contribution in [1.82, 2.24) is 25.4 Å². The van der Waals surface area contributed by atoms with E-state index in [-0.39, 0.29) is 36.1 Å². The molecule has 2 N–H and O–H groups in total. The summed E-state index contributed by atoms with van der Waals surface area (Å²) in [6.07, 6.45) is 1.77. The summed E-state index contributed by atoms with van der Waals surface area (Å²) in [5.74, 6) is -0.0397. The number of nitrogens with one attached hydrogen (secondary N) is 2. The maximum atomic E-state index is 14.1. The van der Waals surface area contributed by atoms with Crippen LogP contribution in [0.1, 0.15) is 49.1 Å². The molecule has 0 bridgehead atoms. The number of para-hydroxylation sites is 1. The van der Waals surface area contributed by atoms with Gasteiger partial charge in [0.2, 0.25) is 5.82 Å². The zero-order chi connectivity index (χ0) is 17.1. The van der Waals surface area contributed by atoms with Crippen molar-refractivity contribution in [3.63, 3.8) is 0 Å². The van der Waals surface area contributed by atoms with Gasteiger partial charge in [-0.25, -0.2) is 14.1 Å². The third-order valence-electron chi connectivity index (χ3n) is 4.11. The van der Waals surface area contributed by atoms with Crippen molar-refractivity contribution < 1.29 is 9.18 Å². The zero-order valence-electron chi connectivity index (χ0n) is 14.3. The number of benzene rings is 1. The van der Waals surface area contributed by atoms with Crippen LogP contribution in [0.4, 0.5) is 4.39 Å². The number of hydrogen-bond acceptors (Lipinski definition) is 4. The Bertz CT molecular complexity index is 728. The first-order valence-corrected chi connectivity index (χ1v) is 8.29. The van der Waals surface area contributed by atoms with Gasteiger partial charge in [0.05, 0.1) is 0 Å². The largest absolute Gasteiger partial charge is 0.346 e. The van der Waals surface area contributed by atoms with Crippen molar-refractivity contribution in [1.29, 1.82) is 0 Å². The predicted octanol–water partition coefficient (Wildman–Crippen LogP) is 2.43. The molecule has 1 aromatic heterocycles. The van der Waals surface area contributed by atoms with Crippen molar-refractivity contribution in [2.75, 3.05) is 13.1 Å². The van der Waals surface area contributed by atoms with Gasteiger partial charge in [0.1, 0.15) is 17.3 Å². The van der Waals surface area contributed by atoms with E-state index >= 15 is 0 Å². The van der Waals surface area contributed by atoms with Crippen LogP contribution in [0.25, 0.3) is 5.69 Å². The van der Waals surface area contributed by atoms with Gasteiger partial charge < -0.3 is 10.6 Å². The second-order valence-electron chi connectivity index (χ2n) is 6.31. The van der Waals surface area contributed by atoms with Crippen LogP contribution in [-0.2, 0) is 0 Å². The summed E-state index contributed by atoms with van der Waals surface area (Å²) < 4.78 is 15.5. The topological polar surface area (TPSA) is 71.8 Å². The molecule has 1 amide bonds. The van der Waals surface area contributed by atoms with E-state index in [0.717, 1.165) is 25.9 Å². The molecule has 0 radical (unpaired) electrons. The van der Waals surface area contributed by atoms with Crippen molar-refractivity contribution in [2.24, 2.45) is 0 Å². The maximum absolute atomic E-state index is 14.1. The van der Waals surface area contributed by atoms with Crippen LogP contribution < -0.4 is 10.6 Å². The number of hydrogen-bond donors (Lipinski definition) is 2. The van der Waals surface area contributed by atoms with Crippen LogP contribution >= 0.6 is 12.4 Å². The first-order valence-electron chi connectivity index (χ1n) is 8.29. The highest BCUT2D eigenvalue weighted by molar-refractivity contribution is 5.90. The summed E-state index contributed by atoms with van der Waals surface area (Å²) in [6.45, 7) is 5.66. The summed E-state index contributed by atoms with van der Waals surface area (Å²) in [6, 6.07) is 6.48. The Balaban J connectivity index is 0.00000225.